The van der Waals surface area contributed by atoms with Crippen molar-refractivity contribution in [2.45, 2.75) is 269 Å². The van der Waals surface area contributed by atoms with Gasteiger partial charge < -0.3 is 56.0 Å². The first-order chi connectivity index (χ1) is 59.4. The van der Waals surface area contributed by atoms with Crippen LogP contribution in [0.2, 0.25) is 0 Å². The average Bonchev–Trinajstić information content (AvgIpc) is 1.64. The number of benzene rings is 2. The molecule has 16 heterocycles. The van der Waals surface area contributed by atoms with Crippen LogP contribution in [0.15, 0.2) is 110 Å². The summed E-state index contributed by atoms with van der Waals surface area (Å²) in [5.74, 6) is 2.41. The Bertz CT molecular complexity index is 3980. The van der Waals surface area contributed by atoms with Crippen molar-refractivity contribution >= 4 is 70.4 Å². The van der Waals surface area contributed by atoms with Crippen LogP contribution in [-0.2, 0) is 0 Å². The Kier molecular flexibility index (Phi) is 27.9. The molecule has 684 valence electrons. The van der Waals surface area contributed by atoms with E-state index in [0.29, 0.717) is 94.8 Å². The molecule has 0 aliphatic carbocycles. The number of hydrogen-bond acceptors (Lipinski definition) is 25. The first-order valence-corrected chi connectivity index (χ1v) is 45.4. The van der Waals surface area contributed by atoms with Crippen LogP contribution in [-0.4, -0.2) is 319 Å². The van der Waals surface area contributed by atoms with E-state index in [4.69, 9.17) is 5.21 Å². The van der Waals surface area contributed by atoms with E-state index in [-0.39, 0.29) is 62.8 Å². The van der Waals surface area contributed by atoms with Gasteiger partial charge in [-0.05, 0) is 236 Å². The van der Waals surface area contributed by atoms with Crippen LogP contribution >= 0.6 is 0 Å². The van der Waals surface area contributed by atoms with Crippen molar-refractivity contribution in [1.29, 1.82) is 0 Å². The summed E-state index contributed by atoms with van der Waals surface area (Å²) in [5, 5.41) is 21.7. The van der Waals surface area contributed by atoms with Crippen LogP contribution in [0.25, 0.3) is 0 Å². The SMILES string of the molecule is CC(C)(C)N1C[C@@H]2C[C@H]1CN2c1ccc(C(=O)NO)cn1.CNC(=O)c1ccc(N2C[C@@H]3C[C@H]2CN3C(C)(C)C)cc1.CNC(=O)c1ccc(N2C[C@H]3C[C@@H]2CN3C(C)(C)C)cc1.CNC(=O)c1ccc(N2C[C@H]3C[C@@H]2CN3C(C)(C)C)nc1.CNC(=O)c1cnc(N2C[C@@H]3C[C@H]2CN3C(C)(C)C)nc1.CNC(=O)c1cnc(N2C[C@H]3C[C@@H]2CN3C(C)(C)C)nc1. The van der Waals surface area contributed by atoms with Crippen LogP contribution in [0.4, 0.5) is 34.9 Å². The molecule has 0 spiro atoms. The van der Waals surface area contributed by atoms with Gasteiger partial charge in [-0.1, -0.05) is 0 Å². The predicted molar refractivity (Wildman–Crippen MR) is 498 cm³/mol. The molecule has 12 saturated heterocycles. The summed E-state index contributed by atoms with van der Waals surface area (Å²) in [5.41, 5.74) is 8.93. The zero-order chi connectivity index (χ0) is 91.2. The Morgan fingerprint density at radius 3 is 0.667 bits per heavy atom. The lowest BCUT2D eigenvalue weighted by atomic mass is 10.0. The molecule has 126 heavy (non-hydrogen) atoms. The summed E-state index contributed by atoms with van der Waals surface area (Å²) >= 11 is 0. The maximum atomic E-state index is 11.6. The van der Waals surface area contributed by atoms with Gasteiger partial charge in [-0.2, -0.15) is 0 Å². The highest BCUT2D eigenvalue weighted by atomic mass is 16.5. The molecule has 7 N–H and O–H groups in total. The quantitative estimate of drug-likeness (QED) is 0.0444. The highest BCUT2D eigenvalue weighted by Gasteiger charge is 2.53. The lowest BCUT2D eigenvalue weighted by Crippen LogP contribution is -2.53. The van der Waals surface area contributed by atoms with Crippen molar-refractivity contribution in [1.82, 2.24) is 91.4 Å². The molecule has 6 aromatic rings. The van der Waals surface area contributed by atoms with Crippen molar-refractivity contribution in [3.63, 3.8) is 0 Å². The summed E-state index contributed by atoms with van der Waals surface area (Å²) < 4.78 is 0. The number of fused-ring (bicyclic) bond motifs is 12. The smallest absolute Gasteiger partial charge is 0.276 e. The van der Waals surface area contributed by atoms with Crippen LogP contribution in [0.1, 0.15) is 225 Å². The van der Waals surface area contributed by atoms with E-state index in [0.717, 1.165) is 113 Å². The zero-order valence-electron chi connectivity index (χ0n) is 79.0. The van der Waals surface area contributed by atoms with E-state index in [1.165, 1.54) is 56.1 Å². The Morgan fingerprint density at radius 1 is 0.254 bits per heavy atom. The Hall–Kier alpha value is -9.76. The molecule has 31 heteroatoms. The van der Waals surface area contributed by atoms with Crippen LogP contribution in [0.5, 0.6) is 0 Å². The molecule has 2 aromatic carbocycles. The topological polar surface area (TPSA) is 311 Å². The molecule has 12 aliphatic heterocycles. The van der Waals surface area contributed by atoms with E-state index in [1.807, 2.05) is 42.5 Å². The van der Waals surface area contributed by atoms with Gasteiger partial charge in [-0.25, -0.2) is 35.4 Å². The van der Waals surface area contributed by atoms with Gasteiger partial charge in [0.1, 0.15) is 11.6 Å². The number of pyridine rings is 2. The van der Waals surface area contributed by atoms with Crippen molar-refractivity contribution in [3.8, 4) is 0 Å². The molecule has 6 amide bonds. The van der Waals surface area contributed by atoms with E-state index in [1.54, 1.807) is 77.8 Å². The lowest BCUT2D eigenvalue weighted by molar-refractivity contribution is 0.0705. The third-order valence-corrected chi connectivity index (χ3v) is 27.7. The maximum absolute atomic E-state index is 11.6. The van der Waals surface area contributed by atoms with Crippen LogP contribution < -0.4 is 61.5 Å². The normalized spacial score (nSPS) is 25.4. The summed E-state index contributed by atoms with van der Waals surface area (Å²) in [7, 11) is 8.18. The first kappa shape index (κ1) is 93.9. The predicted octanol–water partition coefficient (Wildman–Crippen LogP) is 8.78. The number of anilines is 6. The average molecular weight is 1730 g/mol. The van der Waals surface area contributed by atoms with Gasteiger partial charge in [0.25, 0.3) is 35.4 Å². The van der Waals surface area contributed by atoms with Crippen molar-refractivity contribution in [2.75, 3.05) is 143 Å². The number of rotatable bonds is 12. The van der Waals surface area contributed by atoms with Crippen molar-refractivity contribution in [2.24, 2.45) is 0 Å². The van der Waals surface area contributed by atoms with Gasteiger partial charge in [0.2, 0.25) is 11.9 Å². The minimum Gasteiger partial charge on any atom is -0.366 e. The molecule has 18 rings (SSSR count). The number of carbonyl (C=O) groups is 6. The van der Waals surface area contributed by atoms with Crippen LogP contribution in [0.3, 0.4) is 0 Å². The molecular weight excluding hydrogens is 1590 g/mol. The minimum atomic E-state index is -0.532. The Morgan fingerprint density at radius 2 is 0.460 bits per heavy atom. The molecule has 12 atom stereocenters. The van der Waals surface area contributed by atoms with Crippen molar-refractivity contribution < 1.29 is 34.0 Å². The monoisotopic (exact) mass is 1730 g/mol. The van der Waals surface area contributed by atoms with E-state index in [2.05, 4.69) is 264 Å². The maximum Gasteiger partial charge on any atom is 0.276 e. The third kappa shape index (κ3) is 20.7. The van der Waals surface area contributed by atoms with Gasteiger partial charge in [0.05, 0.1) is 22.3 Å². The van der Waals surface area contributed by atoms with Gasteiger partial charge in [0, 0.05) is 279 Å². The number of amides is 6. The van der Waals surface area contributed by atoms with Gasteiger partial charge in [0.15, 0.2) is 0 Å². The molecule has 12 aliphatic rings. The van der Waals surface area contributed by atoms with E-state index in [9.17, 15) is 28.8 Å². The number of likely N-dealkylation sites (tertiary alicyclic amines) is 6. The minimum absolute atomic E-state index is 0.0246. The number of hydroxylamine groups is 1. The molecule has 12 bridgehead atoms. The third-order valence-electron chi connectivity index (χ3n) is 27.7. The number of nitrogens with one attached hydrogen (secondary N) is 6. The molecule has 0 radical (unpaired) electrons. The zero-order valence-corrected chi connectivity index (χ0v) is 79.0. The van der Waals surface area contributed by atoms with Crippen molar-refractivity contribution in [3.05, 3.63) is 143 Å². The summed E-state index contributed by atoms with van der Waals surface area (Å²) in [6, 6.07) is 30.3. The summed E-state index contributed by atoms with van der Waals surface area (Å²) in [4.78, 5) is 125. The van der Waals surface area contributed by atoms with Gasteiger partial charge >= 0.3 is 0 Å². The lowest BCUT2D eigenvalue weighted by Gasteiger charge is -2.42. The molecule has 0 saturated carbocycles. The highest BCUT2D eigenvalue weighted by molar-refractivity contribution is 5.96. The molecule has 31 nitrogen and oxygen atoms in total. The molecule has 4 aromatic heterocycles. The first-order valence-electron chi connectivity index (χ1n) is 45.4. The number of aromatic nitrogens is 6. The summed E-state index contributed by atoms with van der Waals surface area (Å²) in [6.07, 6.45) is 16.9. The summed E-state index contributed by atoms with van der Waals surface area (Å²) in [6.45, 7) is 53.8. The number of carbonyl (C=O) groups excluding carboxylic acids is 6. The Balaban J connectivity index is 0.000000130. The second kappa shape index (κ2) is 37.5. The fourth-order valence-corrected chi connectivity index (χ4v) is 21.6. The highest BCUT2D eigenvalue weighted by Crippen LogP contribution is 2.44. The van der Waals surface area contributed by atoms with Crippen LogP contribution in [0, 0.1) is 0 Å². The Labute approximate surface area is 747 Å². The fourth-order valence-electron chi connectivity index (χ4n) is 21.6. The largest absolute Gasteiger partial charge is 0.366 e. The molecule has 0 unspecified atom stereocenters. The number of piperazine rings is 6. The second-order valence-electron chi connectivity index (χ2n) is 41.9. The molecule has 12 fully saturated rings. The second-order valence-corrected chi connectivity index (χ2v) is 41.9. The number of nitrogens with zero attached hydrogens (tertiary/aromatic N) is 18. The number of hydrogen-bond donors (Lipinski definition) is 7. The fraction of sp³-hybridized carbons (Fsp3) is 0.621. The standard InChI is InChI=1S/2C17H25N3O.C16H24N4O.2C15H23N5O.C15H22N4O2/c2*1-17(2,3)20-11-14-9-15(20)10-19(14)13-7-5-12(6-8-13)16(21)18-4;1-16(2,3)20-10-12-7-13(20)9-19(12)14-6-5-11(8-18-14)15(21)17-4;2*1-15(2,3)20-9-11-5-12(20)8-19(11)14-17-6-10(7-18-14)13(21)16-4;1-15(2,3)19-9-11-6-12(19)8-18(11)13-5-4-10(7-16-13)14(20)17-21/h2*5-8,14-15H,9-11H2,1-4H3,(H,18,21);5-6,8,12-13H,7,9-10H2,1-4H3,(H,17,21);2*6-7,11-12H,5,8-9H2,1-4H3,(H,16,21);4-5,7,11-12,21H,6,8-9H2,1-3H3,(H,17,20)/t2*14-,15-;12-,13-;3*11-,12-/m101100/s1. The van der Waals surface area contributed by atoms with Gasteiger partial charge in [-0.15, -0.1) is 0 Å². The van der Waals surface area contributed by atoms with Gasteiger partial charge in [-0.3, -0.25) is 63.4 Å². The molecular formula is C95H142N24O7. The van der Waals surface area contributed by atoms with E-state index < -0.39 is 5.91 Å². The van der Waals surface area contributed by atoms with E-state index >= 15 is 0 Å².